The summed E-state index contributed by atoms with van der Waals surface area (Å²) < 4.78 is 0. The molecule has 0 bridgehead atoms. The van der Waals surface area contributed by atoms with Crippen molar-refractivity contribution in [1.29, 1.82) is 0 Å². The number of carbonyl (C=O) groups is 3. The predicted molar refractivity (Wildman–Crippen MR) is 117 cm³/mol. The van der Waals surface area contributed by atoms with Gasteiger partial charge in [0.15, 0.2) is 0 Å². The van der Waals surface area contributed by atoms with E-state index in [9.17, 15) is 14.4 Å². The first-order chi connectivity index (χ1) is 14.0. The molecule has 2 amide bonds. The minimum Gasteiger partial charge on any atom is -0.478 e. The topological polar surface area (TPSA) is 95.5 Å². The Morgan fingerprint density at radius 1 is 0.897 bits per heavy atom. The van der Waals surface area contributed by atoms with Crippen LogP contribution >= 0.6 is 0 Å². The van der Waals surface area contributed by atoms with Gasteiger partial charge in [-0.3, -0.25) is 9.59 Å². The Morgan fingerprint density at radius 2 is 1.59 bits per heavy atom. The number of rotatable bonds is 14. The fraction of sp³-hybridized carbons (Fsp3) is 0.435. The van der Waals surface area contributed by atoms with Gasteiger partial charge in [-0.15, -0.1) is 0 Å². The molecule has 0 aromatic heterocycles. The van der Waals surface area contributed by atoms with E-state index in [4.69, 9.17) is 5.11 Å². The second kappa shape index (κ2) is 15.1. The monoisotopic (exact) mass is 400 g/mol. The minimum atomic E-state index is -1.19. The fourth-order valence-electron chi connectivity index (χ4n) is 2.75. The largest absolute Gasteiger partial charge is 0.478 e. The number of carbonyl (C=O) groups excluding carboxylic acids is 2. The summed E-state index contributed by atoms with van der Waals surface area (Å²) in [6.07, 6.45) is 14.7. The maximum atomic E-state index is 11.9. The molecule has 158 valence electrons. The Kier molecular flexibility index (Phi) is 12.6. The number of nitrogens with one attached hydrogen (secondary N) is 2. The van der Waals surface area contributed by atoms with Crippen LogP contribution in [0.5, 0.6) is 0 Å². The molecule has 0 aliphatic rings. The van der Waals surface area contributed by atoms with Crippen LogP contribution in [-0.4, -0.2) is 29.4 Å². The summed E-state index contributed by atoms with van der Waals surface area (Å²) in [5.74, 6) is -1.86. The third-order valence-corrected chi connectivity index (χ3v) is 4.29. The van der Waals surface area contributed by atoms with Crippen molar-refractivity contribution in [2.45, 2.75) is 58.3 Å². The van der Waals surface area contributed by atoms with Crippen LogP contribution in [0.4, 0.5) is 5.69 Å². The number of unbranched alkanes of at least 4 members (excludes halogenated alkanes) is 7. The van der Waals surface area contributed by atoms with Crippen LogP contribution in [0.25, 0.3) is 6.08 Å². The van der Waals surface area contributed by atoms with Crippen LogP contribution in [0.15, 0.2) is 42.5 Å². The molecule has 0 unspecified atom stereocenters. The van der Waals surface area contributed by atoms with E-state index in [1.807, 2.05) is 6.07 Å². The molecule has 1 aromatic carbocycles. The van der Waals surface area contributed by atoms with Gasteiger partial charge in [0.05, 0.1) is 0 Å². The molecule has 0 spiro atoms. The average Bonchev–Trinajstić information content (AvgIpc) is 2.70. The Balaban J connectivity index is 2.29. The summed E-state index contributed by atoms with van der Waals surface area (Å²) in [4.78, 5) is 33.9. The number of benzene rings is 1. The molecule has 0 aliphatic carbocycles. The number of aliphatic carboxylic acids is 1. The van der Waals surface area contributed by atoms with Gasteiger partial charge in [0.2, 0.25) is 11.8 Å². The normalized spacial score (nSPS) is 11.1. The van der Waals surface area contributed by atoms with E-state index in [-0.39, 0.29) is 5.91 Å². The Bertz CT molecular complexity index is 711. The van der Waals surface area contributed by atoms with Gasteiger partial charge < -0.3 is 15.7 Å². The molecular weight excluding hydrogens is 368 g/mol. The number of carboxylic acid groups (broad SMARTS) is 1. The van der Waals surface area contributed by atoms with Crippen molar-refractivity contribution < 1.29 is 19.5 Å². The number of carboxylic acids is 1. The van der Waals surface area contributed by atoms with Gasteiger partial charge in [0, 0.05) is 30.5 Å². The fourth-order valence-corrected chi connectivity index (χ4v) is 2.75. The highest BCUT2D eigenvalue weighted by molar-refractivity contribution is 6.02. The van der Waals surface area contributed by atoms with Crippen molar-refractivity contribution in [3.8, 4) is 0 Å². The lowest BCUT2D eigenvalue weighted by Gasteiger charge is -2.04. The molecule has 0 saturated carbocycles. The summed E-state index contributed by atoms with van der Waals surface area (Å²) in [5, 5.41) is 14.0. The summed E-state index contributed by atoms with van der Waals surface area (Å²) in [6.45, 7) is 2.89. The van der Waals surface area contributed by atoms with Gasteiger partial charge in [-0.1, -0.05) is 64.0 Å². The molecule has 6 nitrogen and oxygen atoms in total. The lowest BCUT2D eigenvalue weighted by atomic mass is 10.1. The number of hydrogen-bond donors (Lipinski definition) is 3. The average molecular weight is 401 g/mol. The van der Waals surface area contributed by atoms with Crippen molar-refractivity contribution in [2.24, 2.45) is 0 Å². The lowest BCUT2D eigenvalue weighted by Crippen LogP contribution is -2.21. The molecule has 3 N–H and O–H groups in total. The molecular formula is C23H32N2O4. The highest BCUT2D eigenvalue weighted by Crippen LogP contribution is 2.12. The van der Waals surface area contributed by atoms with Crippen LogP contribution in [0.1, 0.15) is 63.9 Å². The Morgan fingerprint density at radius 3 is 2.28 bits per heavy atom. The predicted octanol–water partition coefficient (Wildman–Crippen LogP) is 4.54. The molecule has 6 heteroatoms. The second-order valence-electron chi connectivity index (χ2n) is 6.89. The smallest absolute Gasteiger partial charge is 0.328 e. The van der Waals surface area contributed by atoms with Crippen molar-refractivity contribution in [2.75, 3.05) is 11.9 Å². The van der Waals surface area contributed by atoms with Crippen LogP contribution in [0.3, 0.4) is 0 Å². The highest BCUT2D eigenvalue weighted by atomic mass is 16.4. The molecule has 0 fully saturated rings. The standard InChI is InChI=1S/C23H32N2O4/c1-2-3-4-5-6-7-8-9-17-24-21(26)14-13-19-11-10-12-20(18-19)25-22(27)15-16-23(28)29/h10-16,18H,2-9,17H2,1H3,(H,24,26)(H,25,27)(H,28,29). The van der Waals surface area contributed by atoms with Crippen molar-refractivity contribution >= 4 is 29.5 Å². The third kappa shape index (κ3) is 13.0. The number of hydrogen-bond acceptors (Lipinski definition) is 3. The third-order valence-electron chi connectivity index (χ3n) is 4.29. The Hall–Kier alpha value is -2.89. The second-order valence-corrected chi connectivity index (χ2v) is 6.89. The first-order valence-corrected chi connectivity index (χ1v) is 10.3. The minimum absolute atomic E-state index is 0.147. The summed E-state index contributed by atoms with van der Waals surface area (Å²) in [7, 11) is 0. The Labute approximate surface area is 173 Å². The lowest BCUT2D eigenvalue weighted by molar-refractivity contribution is -0.131. The van der Waals surface area contributed by atoms with Crippen molar-refractivity contribution in [3.63, 3.8) is 0 Å². The quantitative estimate of drug-likeness (QED) is 0.316. The molecule has 0 heterocycles. The van der Waals surface area contributed by atoms with E-state index in [0.717, 1.165) is 30.6 Å². The van der Waals surface area contributed by atoms with E-state index in [1.54, 1.807) is 24.3 Å². The zero-order valence-corrected chi connectivity index (χ0v) is 17.2. The van der Waals surface area contributed by atoms with Gasteiger partial charge in [-0.25, -0.2) is 4.79 Å². The molecule has 1 aromatic rings. The maximum absolute atomic E-state index is 11.9. The van der Waals surface area contributed by atoms with Crippen LogP contribution in [-0.2, 0) is 14.4 Å². The zero-order chi connectivity index (χ0) is 21.3. The molecule has 0 aliphatic heterocycles. The van der Waals surface area contributed by atoms with Gasteiger partial charge in [-0.05, 0) is 30.2 Å². The van der Waals surface area contributed by atoms with Crippen LogP contribution in [0, 0.1) is 0 Å². The SMILES string of the molecule is CCCCCCCCCCNC(=O)C=Cc1cccc(NC(=O)C=CC(=O)O)c1. The van der Waals surface area contributed by atoms with E-state index in [1.165, 1.54) is 44.6 Å². The number of amides is 2. The first-order valence-electron chi connectivity index (χ1n) is 10.3. The van der Waals surface area contributed by atoms with Gasteiger partial charge in [0.1, 0.15) is 0 Å². The van der Waals surface area contributed by atoms with E-state index in [0.29, 0.717) is 12.2 Å². The van der Waals surface area contributed by atoms with Gasteiger partial charge in [0.25, 0.3) is 0 Å². The first kappa shape index (κ1) is 24.1. The van der Waals surface area contributed by atoms with Gasteiger partial charge in [-0.2, -0.15) is 0 Å². The summed E-state index contributed by atoms with van der Waals surface area (Å²) in [5.41, 5.74) is 1.28. The van der Waals surface area contributed by atoms with E-state index >= 15 is 0 Å². The molecule has 0 saturated heterocycles. The number of anilines is 1. The highest BCUT2D eigenvalue weighted by Gasteiger charge is 2.00. The van der Waals surface area contributed by atoms with Crippen LogP contribution in [0.2, 0.25) is 0 Å². The van der Waals surface area contributed by atoms with Crippen molar-refractivity contribution in [3.05, 3.63) is 48.1 Å². The molecule has 0 atom stereocenters. The van der Waals surface area contributed by atoms with Crippen LogP contribution < -0.4 is 10.6 Å². The summed E-state index contributed by atoms with van der Waals surface area (Å²) >= 11 is 0. The van der Waals surface area contributed by atoms with Crippen molar-refractivity contribution in [1.82, 2.24) is 5.32 Å². The molecule has 1 rings (SSSR count). The maximum Gasteiger partial charge on any atom is 0.328 e. The summed E-state index contributed by atoms with van der Waals surface area (Å²) in [6, 6.07) is 6.95. The zero-order valence-electron chi connectivity index (χ0n) is 17.2. The van der Waals surface area contributed by atoms with E-state index < -0.39 is 11.9 Å². The van der Waals surface area contributed by atoms with Gasteiger partial charge >= 0.3 is 5.97 Å². The van der Waals surface area contributed by atoms with E-state index in [2.05, 4.69) is 17.6 Å². The molecule has 29 heavy (non-hydrogen) atoms. The molecule has 0 radical (unpaired) electrons.